The van der Waals surface area contributed by atoms with Crippen molar-refractivity contribution in [3.63, 3.8) is 0 Å². The van der Waals surface area contributed by atoms with Gasteiger partial charge in [-0.15, -0.1) is 0 Å². The van der Waals surface area contributed by atoms with Crippen LogP contribution < -0.4 is 0 Å². The highest BCUT2D eigenvalue weighted by Gasteiger charge is 2.29. The molecule has 1 aliphatic rings. The van der Waals surface area contributed by atoms with Gasteiger partial charge in [-0.05, 0) is 56.4 Å². The molecule has 1 N–H and O–H groups in total. The minimum absolute atomic E-state index is 0.0959. The number of piperidine rings is 1. The summed E-state index contributed by atoms with van der Waals surface area (Å²) < 4.78 is 2.20. The molecule has 3 heterocycles. The second kappa shape index (κ2) is 8.42. The molecule has 0 aliphatic carbocycles. The summed E-state index contributed by atoms with van der Waals surface area (Å²) in [6.45, 7) is 1.89. The van der Waals surface area contributed by atoms with Crippen LogP contribution in [0.5, 0.6) is 0 Å². The second-order valence-electron chi connectivity index (χ2n) is 7.47. The number of H-pyrrole nitrogens is 1. The van der Waals surface area contributed by atoms with Gasteiger partial charge in [0.1, 0.15) is 5.82 Å². The van der Waals surface area contributed by atoms with Crippen LogP contribution in [0, 0.1) is 0 Å². The van der Waals surface area contributed by atoms with Crippen LogP contribution in [0.3, 0.4) is 0 Å². The van der Waals surface area contributed by atoms with E-state index in [9.17, 15) is 4.79 Å². The summed E-state index contributed by atoms with van der Waals surface area (Å²) in [7, 11) is 0. The van der Waals surface area contributed by atoms with Gasteiger partial charge in [-0.1, -0.05) is 18.6 Å². The van der Waals surface area contributed by atoms with Crippen molar-refractivity contribution in [2.24, 2.45) is 0 Å². The lowest BCUT2D eigenvalue weighted by Gasteiger charge is -2.34. The summed E-state index contributed by atoms with van der Waals surface area (Å²) >= 11 is 0. The molecule has 5 nitrogen and oxygen atoms in total. The molecule has 0 saturated carbocycles. The van der Waals surface area contributed by atoms with Crippen LogP contribution in [0.2, 0.25) is 0 Å². The highest BCUT2D eigenvalue weighted by atomic mass is 16.2. The Morgan fingerprint density at radius 2 is 1.93 bits per heavy atom. The number of imidazole rings is 1. The third-order valence-corrected chi connectivity index (χ3v) is 5.52. The first-order chi connectivity index (χ1) is 13.3. The Morgan fingerprint density at radius 3 is 2.78 bits per heavy atom. The summed E-state index contributed by atoms with van der Waals surface area (Å²) in [4.78, 5) is 23.1. The van der Waals surface area contributed by atoms with Crippen LogP contribution in [-0.2, 0) is 11.3 Å². The molecular weight excluding hydrogens is 336 g/mol. The number of aromatic nitrogens is 3. The Hall–Kier alpha value is -2.56. The van der Waals surface area contributed by atoms with Gasteiger partial charge in [0.2, 0.25) is 5.91 Å². The topological polar surface area (TPSA) is 53.9 Å². The zero-order valence-corrected chi connectivity index (χ0v) is 15.8. The molecular formula is C22H28N4O. The van der Waals surface area contributed by atoms with Gasteiger partial charge in [-0.2, -0.15) is 0 Å². The number of amides is 1. The molecule has 4 rings (SSSR count). The summed E-state index contributed by atoms with van der Waals surface area (Å²) in [5.41, 5.74) is 2.03. The number of carbonyl (C=O) groups excluding carboxylic acids is 1. The number of hydrogen-bond donors (Lipinski definition) is 1. The normalized spacial score (nSPS) is 17.5. The van der Waals surface area contributed by atoms with Crippen LogP contribution in [0.25, 0.3) is 11.0 Å². The van der Waals surface area contributed by atoms with Crippen LogP contribution in [0.4, 0.5) is 0 Å². The molecule has 1 amide bonds. The van der Waals surface area contributed by atoms with Gasteiger partial charge in [-0.3, -0.25) is 4.79 Å². The minimum atomic E-state index is 0.0959. The molecule has 142 valence electrons. The number of para-hydroxylation sites is 2. The van der Waals surface area contributed by atoms with E-state index in [0.717, 1.165) is 68.5 Å². The van der Waals surface area contributed by atoms with Gasteiger partial charge in [0.15, 0.2) is 0 Å². The van der Waals surface area contributed by atoms with Crippen LogP contribution >= 0.6 is 0 Å². The number of nitrogens with zero attached hydrogens (tertiary/aromatic N) is 3. The number of aromatic amines is 1. The maximum Gasteiger partial charge on any atom is 0.223 e. The fourth-order valence-corrected chi connectivity index (χ4v) is 4.05. The van der Waals surface area contributed by atoms with Crippen molar-refractivity contribution in [1.82, 2.24) is 19.4 Å². The lowest BCUT2D eigenvalue weighted by molar-refractivity contribution is -0.135. The molecule has 2 aromatic heterocycles. The Labute approximate surface area is 160 Å². The van der Waals surface area contributed by atoms with E-state index in [2.05, 4.69) is 39.0 Å². The maximum atomic E-state index is 12.9. The fourth-order valence-electron chi connectivity index (χ4n) is 4.05. The Balaban J connectivity index is 1.33. The van der Waals surface area contributed by atoms with E-state index in [1.54, 1.807) is 0 Å². The first kappa shape index (κ1) is 17.8. The Bertz CT molecular complexity index is 834. The number of unbranched alkanes of at least 4 members (excludes halogenated alkanes) is 2. The number of likely N-dealkylation sites (tertiary alicyclic amines) is 1. The summed E-state index contributed by atoms with van der Waals surface area (Å²) in [5, 5.41) is 0. The lowest BCUT2D eigenvalue weighted by atomic mass is 10.0. The van der Waals surface area contributed by atoms with Crippen LogP contribution in [0.15, 0.2) is 48.8 Å². The van der Waals surface area contributed by atoms with Gasteiger partial charge in [-0.25, -0.2) is 4.98 Å². The molecule has 3 aromatic rings. The molecule has 1 fully saturated rings. The molecule has 5 heteroatoms. The van der Waals surface area contributed by atoms with E-state index >= 15 is 0 Å². The Kier molecular flexibility index (Phi) is 5.56. The quantitative estimate of drug-likeness (QED) is 0.619. The summed E-state index contributed by atoms with van der Waals surface area (Å²) in [6, 6.07) is 12.3. The number of nitrogens with one attached hydrogen (secondary N) is 1. The van der Waals surface area contributed by atoms with E-state index in [0.29, 0.717) is 6.42 Å². The summed E-state index contributed by atoms with van der Waals surface area (Å²) in [6.07, 6.45) is 11.2. The van der Waals surface area contributed by atoms with E-state index in [1.807, 2.05) is 24.3 Å². The predicted octanol–water partition coefficient (Wildman–Crippen LogP) is 4.68. The number of carbonyl (C=O) groups is 1. The number of fused-ring (bicyclic) bond motifs is 1. The van der Waals surface area contributed by atoms with Crippen molar-refractivity contribution in [3.05, 3.63) is 54.6 Å². The zero-order valence-electron chi connectivity index (χ0n) is 15.8. The maximum absolute atomic E-state index is 12.9. The van der Waals surface area contributed by atoms with E-state index in [-0.39, 0.29) is 11.9 Å². The van der Waals surface area contributed by atoms with Gasteiger partial charge in [0.05, 0.1) is 17.1 Å². The summed E-state index contributed by atoms with van der Waals surface area (Å²) in [5.74, 6) is 1.22. The van der Waals surface area contributed by atoms with Gasteiger partial charge < -0.3 is 14.5 Å². The molecule has 0 spiro atoms. The number of rotatable bonds is 7. The SMILES string of the molecule is O=C(CCCCCn1cccc1)N1CCCCC1c1nc2ccccc2[nH]1. The van der Waals surface area contributed by atoms with Crippen molar-refractivity contribution in [3.8, 4) is 0 Å². The van der Waals surface area contributed by atoms with E-state index < -0.39 is 0 Å². The van der Waals surface area contributed by atoms with E-state index in [1.165, 1.54) is 0 Å². The number of hydrogen-bond acceptors (Lipinski definition) is 2. The second-order valence-corrected chi connectivity index (χ2v) is 7.47. The van der Waals surface area contributed by atoms with E-state index in [4.69, 9.17) is 4.98 Å². The largest absolute Gasteiger partial charge is 0.354 e. The van der Waals surface area contributed by atoms with Crippen molar-refractivity contribution in [1.29, 1.82) is 0 Å². The highest BCUT2D eigenvalue weighted by molar-refractivity contribution is 5.77. The van der Waals surface area contributed by atoms with Crippen LogP contribution in [-0.4, -0.2) is 31.9 Å². The number of benzene rings is 1. The zero-order chi connectivity index (χ0) is 18.5. The minimum Gasteiger partial charge on any atom is -0.354 e. The molecule has 1 aromatic carbocycles. The predicted molar refractivity (Wildman–Crippen MR) is 107 cm³/mol. The first-order valence-corrected chi connectivity index (χ1v) is 10.2. The van der Waals surface area contributed by atoms with Crippen molar-refractivity contribution in [2.45, 2.75) is 57.5 Å². The molecule has 1 saturated heterocycles. The molecule has 1 unspecified atom stereocenters. The molecule has 27 heavy (non-hydrogen) atoms. The monoisotopic (exact) mass is 364 g/mol. The standard InChI is InChI=1S/C22H28N4O/c27-21(13-2-1-6-14-25-15-8-9-16-25)26-17-7-5-12-20(26)22-23-18-10-3-4-11-19(18)24-22/h3-4,8-11,15-16,20H,1-2,5-7,12-14,17H2,(H,23,24). The van der Waals surface area contributed by atoms with Gasteiger partial charge >= 0.3 is 0 Å². The molecule has 1 atom stereocenters. The smallest absolute Gasteiger partial charge is 0.223 e. The average Bonchev–Trinajstić information content (AvgIpc) is 3.37. The third kappa shape index (κ3) is 4.24. The first-order valence-electron chi connectivity index (χ1n) is 10.2. The Morgan fingerprint density at radius 1 is 1.07 bits per heavy atom. The average molecular weight is 364 g/mol. The fraction of sp³-hybridized carbons (Fsp3) is 0.455. The highest BCUT2D eigenvalue weighted by Crippen LogP contribution is 2.31. The van der Waals surface area contributed by atoms with Crippen molar-refractivity contribution in [2.75, 3.05) is 6.54 Å². The van der Waals surface area contributed by atoms with Crippen LogP contribution in [0.1, 0.15) is 56.8 Å². The molecule has 1 aliphatic heterocycles. The lowest BCUT2D eigenvalue weighted by Crippen LogP contribution is -2.38. The van der Waals surface area contributed by atoms with Gasteiger partial charge in [0.25, 0.3) is 0 Å². The molecule has 0 radical (unpaired) electrons. The number of aryl methyl sites for hydroxylation is 1. The van der Waals surface area contributed by atoms with Crippen molar-refractivity contribution < 1.29 is 4.79 Å². The molecule has 0 bridgehead atoms. The van der Waals surface area contributed by atoms with Gasteiger partial charge in [0, 0.05) is 31.9 Å². The van der Waals surface area contributed by atoms with Crippen molar-refractivity contribution >= 4 is 16.9 Å². The third-order valence-electron chi connectivity index (χ3n) is 5.52.